The Bertz CT molecular complexity index is 347. The summed E-state index contributed by atoms with van der Waals surface area (Å²) in [6.07, 6.45) is 3.55. The molecule has 0 bridgehead atoms. The predicted octanol–water partition coefficient (Wildman–Crippen LogP) is 3.33. The second kappa shape index (κ2) is 4.81. The molecule has 0 unspecified atom stereocenters. The van der Waals surface area contributed by atoms with Gasteiger partial charge in [0.15, 0.2) is 0 Å². The fourth-order valence-electron chi connectivity index (χ4n) is 2.16. The van der Waals surface area contributed by atoms with Crippen LogP contribution in [0.3, 0.4) is 0 Å². The quantitative estimate of drug-likeness (QED) is 0.744. The second-order valence-electron chi connectivity index (χ2n) is 4.19. The number of nitrogens with zero attached hydrogens (tertiary/aromatic N) is 1. The highest BCUT2D eigenvalue weighted by molar-refractivity contribution is 5.49. The third-order valence-corrected chi connectivity index (χ3v) is 3.10. The van der Waals surface area contributed by atoms with E-state index in [4.69, 9.17) is 0 Å². The van der Waals surface area contributed by atoms with Crippen LogP contribution in [-0.2, 0) is 6.42 Å². The highest BCUT2D eigenvalue weighted by Crippen LogP contribution is 2.24. The van der Waals surface area contributed by atoms with Crippen LogP contribution in [0.15, 0.2) is 12.1 Å². The highest BCUT2D eigenvalue weighted by Gasteiger charge is 2.15. The molecule has 87 valence electrons. The van der Waals surface area contributed by atoms with Crippen LogP contribution in [0.4, 0.5) is 14.5 Å². The van der Waals surface area contributed by atoms with E-state index in [0.717, 1.165) is 25.9 Å². The van der Waals surface area contributed by atoms with Gasteiger partial charge in [-0.25, -0.2) is 8.78 Å². The van der Waals surface area contributed by atoms with Crippen molar-refractivity contribution in [2.45, 2.75) is 25.7 Å². The first-order valence-electron chi connectivity index (χ1n) is 5.74. The van der Waals surface area contributed by atoms with E-state index in [1.165, 1.54) is 18.6 Å². The molecule has 0 aliphatic carbocycles. The Labute approximate surface area is 95.1 Å². The topological polar surface area (TPSA) is 3.24 Å². The fourth-order valence-corrected chi connectivity index (χ4v) is 2.16. The van der Waals surface area contributed by atoms with Crippen LogP contribution in [0, 0.1) is 18.6 Å². The third kappa shape index (κ3) is 2.18. The lowest BCUT2D eigenvalue weighted by atomic mass is 10.1. The van der Waals surface area contributed by atoms with Crippen molar-refractivity contribution in [3.63, 3.8) is 0 Å². The average Bonchev–Trinajstić information content (AvgIpc) is 2.30. The van der Waals surface area contributed by atoms with E-state index in [2.05, 4.69) is 6.92 Å². The standard InChI is InChI=1S/C13H16F2N/c1-2-11-12(14)8-10(9-13(11)15)16-6-4-3-5-7-16/h8-9H,1-7H2. The van der Waals surface area contributed by atoms with Crippen LogP contribution >= 0.6 is 0 Å². The van der Waals surface area contributed by atoms with Crippen molar-refractivity contribution in [2.24, 2.45) is 0 Å². The summed E-state index contributed by atoms with van der Waals surface area (Å²) in [6, 6.07) is 2.85. The van der Waals surface area contributed by atoms with Crippen LogP contribution in [0.2, 0.25) is 0 Å². The van der Waals surface area contributed by atoms with E-state index < -0.39 is 11.6 Å². The molecule has 0 N–H and O–H groups in total. The summed E-state index contributed by atoms with van der Waals surface area (Å²) >= 11 is 0. The SMILES string of the molecule is [CH2]Cc1c(F)cc(N2CCCCC2)cc1F. The summed E-state index contributed by atoms with van der Waals surface area (Å²) in [5.74, 6) is -0.953. The summed E-state index contributed by atoms with van der Waals surface area (Å²) < 4.78 is 27.1. The van der Waals surface area contributed by atoms with Gasteiger partial charge in [-0.1, -0.05) is 0 Å². The second-order valence-corrected chi connectivity index (χ2v) is 4.19. The predicted molar refractivity (Wildman–Crippen MR) is 61.5 cm³/mol. The van der Waals surface area contributed by atoms with Gasteiger partial charge in [-0.2, -0.15) is 0 Å². The largest absolute Gasteiger partial charge is 0.371 e. The molecule has 1 aliphatic rings. The van der Waals surface area contributed by atoms with E-state index in [1.807, 2.05) is 4.90 Å². The molecule has 1 aromatic rings. The van der Waals surface area contributed by atoms with E-state index in [0.29, 0.717) is 5.69 Å². The monoisotopic (exact) mass is 224 g/mol. The number of anilines is 1. The Hall–Kier alpha value is -1.12. The fraction of sp³-hybridized carbons (Fsp3) is 0.462. The molecule has 0 atom stereocenters. The third-order valence-electron chi connectivity index (χ3n) is 3.10. The first kappa shape index (κ1) is 11.4. The van der Waals surface area contributed by atoms with Crippen molar-refractivity contribution in [2.75, 3.05) is 18.0 Å². The Morgan fingerprint density at radius 3 is 2.12 bits per heavy atom. The van der Waals surface area contributed by atoms with Crippen molar-refractivity contribution in [1.82, 2.24) is 0 Å². The molecule has 1 fully saturated rings. The van der Waals surface area contributed by atoms with Gasteiger partial charge in [0.2, 0.25) is 0 Å². The molecule has 1 nitrogen and oxygen atoms in total. The number of rotatable bonds is 2. The molecular weight excluding hydrogens is 208 g/mol. The van der Waals surface area contributed by atoms with Crippen molar-refractivity contribution in [3.8, 4) is 0 Å². The summed E-state index contributed by atoms with van der Waals surface area (Å²) in [4.78, 5) is 2.04. The lowest BCUT2D eigenvalue weighted by Gasteiger charge is -2.29. The zero-order valence-electron chi connectivity index (χ0n) is 9.31. The van der Waals surface area contributed by atoms with E-state index in [9.17, 15) is 8.78 Å². The Morgan fingerprint density at radius 1 is 1.06 bits per heavy atom. The van der Waals surface area contributed by atoms with Gasteiger partial charge in [-0.3, -0.25) is 0 Å². The number of hydrogen-bond donors (Lipinski definition) is 0. The molecule has 0 amide bonds. The number of hydrogen-bond acceptors (Lipinski definition) is 1. The molecule has 1 saturated heterocycles. The van der Waals surface area contributed by atoms with Crippen molar-refractivity contribution < 1.29 is 8.78 Å². The molecule has 0 spiro atoms. The van der Waals surface area contributed by atoms with Crippen molar-refractivity contribution >= 4 is 5.69 Å². The number of benzene rings is 1. The highest BCUT2D eigenvalue weighted by atomic mass is 19.1. The van der Waals surface area contributed by atoms with Gasteiger partial charge in [-0.15, -0.1) is 0 Å². The van der Waals surface area contributed by atoms with Crippen molar-refractivity contribution in [1.29, 1.82) is 0 Å². The maximum Gasteiger partial charge on any atom is 0.131 e. The molecule has 1 aromatic carbocycles. The zero-order chi connectivity index (χ0) is 11.5. The Kier molecular flexibility index (Phi) is 3.42. The van der Waals surface area contributed by atoms with Gasteiger partial charge in [0.1, 0.15) is 11.6 Å². The van der Waals surface area contributed by atoms with E-state index in [-0.39, 0.29) is 12.0 Å². The van der Waals surface area contributed by atoms with Crippen LogP contribution in [0.25, 0.3) is 0 Å². The van der Waals surface area contributed by atoms with E-state index >= 15 is 0 Å². The van der Waals surface area contributed by atoms with Crippen LogP contribution in [0.5, 0.6) is 0 Å². The number of halogens is 2. The molecule has 1 aliphatic heterocycles. The molecule has 1 radical (unpaired) electrons. The average molecular weight is 224 g/mol. The molecule has 2 rings (SSSR count). The minimum Gasteiger partial charge on any atom is -0.371 e. The summed E-state index contributed by atoms with van der Waals surface area (Å²) in [5.41, 5.74) is 0.743. The molecule has 16 heavy (non-hydrogen) atoms. The molecule has 3 heteroatoms. The molecule has 0 saturated carbocycles. The van der Waals surface area contributed by atoms with Gasteiger partial charge < -0.3 is 4.90 Å². The molecule has 0 aromatic heterocycles. The van der Waals surface area contributed by atoms with Gasteiger partial charge in [0, 0.05) is 24.3 Å². The van der Waals surface area contributed by atoms with Gasteiger partial charge in [-0.05, 0) is 44.7 Å². The van der Waals surface area contributed by atoms with Crippen LogP contribution in [-0.4, -0.2) is 13.1 Å². The van der Waals surface area contributed by atoms with Gasteiger partial charge >= 0.3 is 0 Å². The van der Waals surface area contributed by atoms with Gasteiger partial charge in [0.05, 0.1) is 0 Å². The zero-order valence-corrected chi connectivity index (χ0v) is 9.31. The van der Waals surface area contributed by atoms with E-state index in [1.54, 1.807) is 0 Å². The summed E-state index contributed by atoms with van der Waals surface area (Å²) in [6.45, 7) is 5.31. The minimum atomic E-state index is -0.476. The van der Waals surface area contributed by atoms with Crippen LogP contribution in [0.1, 0.15) is 24.8 Å². The number of piperidine rings is 1. The maximum absolute atomic E-state index is 13.6. The summed E-state index contributed by atoms with van der Waals surface area (Å²) in [5, 5.41) is 0. The Morgan fingerprint density at radius 2 is 1.62 bits per heavy atom. The first-order valence-corrected chi connectivity index (χ1v) is 5.74. The lowest BCUT2D eigenvalue weighted by molar-refractivity contribution is 0.550. The molecular formula is C13H16F2N. The normalized spacial score (nSPS) is 16.6. The smallest absolute Gasteiger partial charge is 0.131 e. The van der Waals surface area contributed by atoms with Gasteiger partial charge in [0.25, 0.3) is 0 Å². The minimum absolute atomic E-state index is 0.0840. The maximum atomic E-state index is 13.6. The molecule has 1 heterocycles. The first-order chi connectivity index (χ1) is 7.72. The summed E-state index contributed by atoms with van der Waals surface area (Å²) in [7, 11) is 0. The van der Waals surface area contributed by atoms with Crippen LogP contribution < -0.4 is 4.90 Å². The van der Waals surface area contributed by atoms with Crippen molar-refractivity contribution in [3.05, 3.63) is 36.3 Å². The lowest BCUT2D eigenvalue weighted by Crippen LogP contribution is -2.29. The Balaban J connectivity index is 2.28.